The van der Waals surface area contributed by atoms with Crippen LogP contribution in [-0.2, 0) is 43.0 Å². The van der Waals surface area contributed by atoms with Crippen molar-refractivity contribution >= 4 is 41.9 Å². The monoisotopic (exact) mass is 772 g/mol. The summed E-state index contributed by atoms with van der Waals surface area (Å²) in [5.41, 5.74) is 5.27. The Balaban J connectivity index is 4.91. The Bertz CT molecular complexity index is 1120. The molecule has 8 N–H and O–H groups in total. The predicted octanol–water partition coefficient (Wildman–Crippen LogP) is 2.72. The first-order valence-electron chi connectivity index (χ1n) is 19.7. The van der Waals surface area contributed by atoms with Crippen LogP contribution in [0.5, 0.6) is 0 Å². The summed E-state index contributed by atoms with van der Waals surface area (Å²) in [4.78, 5) is 84.4. The molecule has 7 unspecified atom stereocenters. The number of carbonyl (C=O) groups is 7. The molecule has 0 saturated heterocycles. The number of carboxylic acid groups (broad SMARTS) is 1. The van der Waals surface area contributed by atoms with E-state index in [4.69, 9.17) is 20.3 Å². The normalized spacial score (nSPS) is 15.1. The minimum absolute atomic E-state index is 0.0348. The molecule has 0 aliphatic heterocycles. The maximum absolute atomic E-state index is 13.0. The summed E-state index contributed by atoms with van der Waals surface area (Å²) in [6.07, 6.45) is 10.6. The second kappa shape index (κ2) is 30.7. The molecule has 0 aromatic carbocycles. The third-order valence-corrected chi connectivity index (χ3v) is 9.08. The van der Waals surface area contributed by atoms with E-state index in [1.54, 1.807) is 6.92 Å². The molecule has 312 valence electrons. The smallest absolute Gasteiger partial charge is 0.305 e. The Kier molecular flexibility index (Phi) is 28.6. The summed E-state index contributed by atoms with van der Waals surface area (Å²) in [6.45, 7) is 5.47. The van der Waals surface area contributed by atoms with Gasteiger partial charge in [0.2, 0.25) is 23.6 Å². The summed E-state index contributed by atoms with van der Waals surface area (Å²) in [7, 11) is 0. The van der Waals surface area contributed by atoms with Crippen molar-refractivity contribution in [2.24, 2.45) is 5.73 Å². The van der Waals surface area contributed by atoms with Crippen molar-refractivity contribution in [1.82, 2.24) is 16.0 Å². The van der Waals surface area contributed by atoms with Gasteiger partial charge >= 0.3 is 11.9 Å². The molecule has 16 nitrogen and oxygen atoms in total. The van der Waals surface area contributed by atoms with Crippen molar-refractivity contribution in [1.29, 1.82) is 0 Å². The van der Waals surface area contributed by atoms with Gasteiger partial charge in [0.05, 0.1) is 0 Å². The standard InChI is InChI=1S/C38H68N4O12/c1-5-7-8-9-10-11-12-13-14-15-16-17-18-19-20-21-33(48)53-25-31(45)34(49)35(30(24-43)40-27(4)44)54-26(3)37(51)41-28(6-2)38(52)42-29(36(39)50)22-23-32(46)47/h24,26,28-31,34-35,45,49H,5-23,25H2,1-4H3,(H2,39,50)(H,40,44)(H,41,51)(H,42,52)(H,46,47). The third-order valence-electron chi connectivity index (χ3n) is 9.08. The van der Waals surface area contributed by atoms with E-state index in [0.717, 1.165) is 32.6 Å². The number of unbranched alkanes of at least 4 members (excludes halogenated alkanes) is 14. The molecule has 0 radical (unpaired) electrons. The molecule has 0 aliphatic rings. The highest BCUT2D eigenvalue weighted by atomic mass is 16.5. The molecule has 0 aromatic heterocycles. The second-order valence-electron chi connectivity index (χ2n) is 13.9. The second-order valence-corrected chi connectivity index (χ2v) is 13.9. The molecule has 0 fully saturated rings. The highest BCUT2D eigenvalue weighted by molar-refractivity contribution is 5.92. The van der Waals surface area contributed by atoms with Crippen LogP contribution in [0.15, 0.2) is 0 Å². The molecule has 0 rings (SSSR count). The first-order chi connectivity index (χ1) is 25.7. The number of ether oxygens (including phenoxy) is 2. The number of esters is 1. The first-order valence-corrected chi connectivity index (χ1v) is 19.7. The molecular formula is C38H68N4O12. The SMILES string of the molecule is CCCCCCCCCCCCCCCCCC(=O)OCC(O)C(O)C(OC(C)C(=O)NC(CC)C(=O)NC(CCC(=O)O)C(N)=O)C(C=O)NC(C)=O. The van der Waals surface area contributed by atoms with Crippen LogP contribution in [0.1, 0.15) is 150 Å². The van der Waals surface area contributed by atoms with Gasteiger partial charge in [0.1, 0.15) is 55.4 Å². The lowest BCUT2D eigenvalue weighted by atomic mass is 10.0. The fourth-order valence-electron chi connectivity index (χ4n) is 5.78. The number of nitrogens with one attached hydrogen (secondary N) is 3. The van der Waals surface area contributed by atoms with Crippen LogP contribution in [0.2, 0.25) is 0 Å². The number of rotatable bonds is 34. The lowest BCUT2D eigenvalue weighted by Crippen LogP contribution is -2.57. The summed E-state index contributed by atoms with van der Waals surface area (Å²) in [5, 5.41) is 37.5. The zero-order chi connectivity index (χ0) is 40.9. The lowest BCUT2D eigenvalue weighted by molar-refractivity contribution is -0.164. The predicted molar refractivity (Wildman–Crippen MR) is 201 cm³/mol. The topological polar surface area (TPSA) is 261 Å². The van der Waals surface area contributed by atoms with Crippen molar-refractivity contribution in [3.8, 4) is 0 Å². The molecule has 7 atom stereocenters. The molecule has 0 aliphatic carbocycles. The van der Waals surface area contributed by atoms with Crippen LogP contribution >= 0.6 is 0 Å². The summed E-state index contributed by atoms with van der Waals surface area (Å²) in [5.74, 6) is -5.15. The van der Waals surface area contributed by atoms with E-state index in [2.05, 4.69) is 22.9 Å². The van der Waals surface area contributed by atoms with Crippen molar-refractivity contribution in [3.63, 3.8) is 0 Å². The van der Waals surface area contributed by atoms with Crippen molar-refractivity contribution in [2.45, 2.75) is 192 Å². The minimum atomic E-state index is -1.92. The van der Waals surface area contributed by atoms with E-state index in [0.29, 0.717) is 6.42 Å². The number of hydrogen-bond donors (Lipinski definition) is 7. The molecule has 16 heteroatoms. The largest absolute Gasteiger partial charge is 0.481 e. The number of primary amides is 1. The van der Waals surface area contributed by atoms with Gasteiger partial charge in [-0.3, -0.25) is 28.8 Å². The third kappa shape index (κ3) is 23.9. The Morgan fingerprint density at radius 3 is 1.67 bits per heavy atom. The van der Waals surface area contributed by atoms with E-state index < -0.39 is 91.1 Å². The highest BCUT2D eigenvalue weighted by Crippen LogP contribution is 2.16. The lowest BCUT2D eigenvalue weighted by Gasteiger charge is -2.32. The fraction of sp³-hybridized carbons (Fsp3) is 0.816. The van der Waals surface area contributed by atoms with Gasteiger partial charge in [-0.15, -0.1) is 0 Å². The van der Waals surface area contributed by atoms with Gasteiger partial charge in [-0.2, -0.15) is 0 Å². The number of aliphatic hydroxyl groups excluding tert-OH is 2. The highest BCUT2D eigenvalue weighted by Gasteiger charge is 2.38. The fourth-order valence-corrected chi connectivity index (χ4v) is 5.78. The Morgan fingerprint density at radius 2 is 1.22 bits per heavy atom. The van der Waals surface area contributed by atoms with Crippen LogP contribution in [-0.4, -0.2) is 106 Å². The van der Waals surface area contributed by atoms with Gasteiger partial charge in [-0.1, -0.05) is 104 Å². The average Bonchev–Trinajstić information content (AvgIpc) is 3.13. The van der Waals surface area contributed by atoms with Crippen molar-refractivity contribution in [3.05, 3.63) is 0 Å². The quantitative estimate of drug-likeness (QED) is 0.0283. The summed E-state index contributed by atoms with van der Waals surface area (Å²) < 4.78 is 10.8. The number of aliphatic hydroxyl groups is 2. The zero-order valence-electron chi connectivity index (χ0n) is 32.9. The Labute approximate surface area is 320 Å². The first kappa shape index (κ1) is 50.4. The van der Waals surface area contributed by atoms with Crippen LogP contribution in [0.3, 0.4) is 0 Å². The number of aldehydes is 1. The summed E-state index contributed by atoms with van der Waals surface area (Å²) >= 11 is 0. The summed E-state index contributed by atoms with van der Waals surface area (Å²) in [6, 6.07) is -4.06. The number of carbonyl (C=O) groups excluding carboxylic acids is 6. The van der Waals surface area contributed by atoms with Crippen molar-refractivity contribution < 1.29 is 58.4 Å². The minimum Gasteiger partial charge on any atom is -0.481 e. The van der Waals surface area contributed by atoms with Gasteiger partial charge in [0, 0.05) is 19.8 Å². The van der Waals surface area contributed by atoms with Gasteiger partial charge < -0.3 is 51.3 Å². The molecule has 4 amide bonds. The van der Waals surface area contributed by atoms with E-state index in [-0.39, 0.29) is 25.5 Å². The Hall–Kier alpha value is -3.63. The van der Waals surface area contributed by atoms with Crippen LogP contribution < -0.4 is 21.7 Å². The molecule has 0 aromatic rings. The van der Waals surface area contributed by atoms with Crippen LogP contribution in [0.25, 0.3) is 0 Å². The van der Waals surface area contributed by atoms with Crippen molar-refractivity contribution in [2.75, 3.05) is 6.61 Å². The van der Waals surface area contributed by atoms with E-state index in [1.165, 1.54) is 71.1 Å². The molecule has 0 bridgehead atoms. The van der Waals surface area contributed by atoms with E-state index >= 15 is 0 Å². The van der Waals surface area contributed by atoms with Gasteiger partial charge in [0.25, 0.3) is 0 Å². The van der Waals surface area contributed by atoms with Crippen LogP contribution in [0.4, 0.5) is 0 Å². The van der Waals surface area contributed by atoms with Gasteiger partial charge in [-0.05, 0) is 26.2 Å². The average molecular weight is 773 g/mol. The zero-order valence-corrected chi connectivity index (χ0v) is 32.9. The molecule has 0 spiro atoms. The van der Waals surface area contributed by atoms with E-state index in [9.17, 15) is 43.8 Å². The Morgan fingerprint density at radius 1 is 0.722 bits per heavy atom. The van der Waals surface area contributed by atoms with Gasteiger partial charge in [-0.25, -0.2) is 0 Å². The van der Waals surface area contributed by atoms with E-state index in [1.807, 2.05) is 0 Å². The number of carboxylic acids is 1. The molecular weight excluding hydrogens is 704 g/mol. The maximum Gasteiger partial charge on any atom is 0.305 e. The maximum atomic E-state index is 13.0. The molecule has 0 heterocycles. The van der Waals surface area contributed by atoms with Gasteiger partial charge in [0.15, 0.2) is 0 Å². The molecule has 54 heavy (non-hydrogen) atoms. The van der Waals surface area contributed by atoms with Crippen LogP contribution in [0, 0.1) is 0 Å². The number of nitrogens with two attached hydrogens (primary N) is 1. The number of hydrogen-bond acceptors (Lipinski definition) is 11. The number of aliphatic carboxylic acids is 1. The number of amides is 4. The molecule has 0 saturated carbocycles.